The van der Waals surface area contributed by atoms with Gasteiger partial charge in [-0.15, -0.1) is 0 Å². The van der Waals surface area contributed by atoms with Crippen LogP contribution in [0, 0.1) is 10.1 Å². The molecule has 10 nitrogen and oxygen atoms in total. The number of phenols is 2. The third kappa shape index (κ3) is 4.56. The van der Waals surface area contributed by atoms with Crippen molar-refractivity contribution >= 4 is 27.6 Å². The Morgan fingerprint density at radius 3 is 2.39 bits per heavy atom. The van der Waals surface area contributed by atoms with Gasteiger partial charge >= 0.3 is 0 Å². The summed E-state index contributed by atoms with van der Waals surface area (Å²) in [7, 11) is -3.84. The molecule has 2 rings (SSSR count). The van der Waals surface area contributed by atoms with Gasteiger partial charge in [0.1, 0.15) is 5.69 Å². The molecule has 3 N–H and O–H groups in total. The summed E-state index contributed by atoms with van der Waals surface area (Å²) < 4.78 is 26.3. The number of aromatic hydroxyl groups is 2. The lowest BCUT2D eigenvalue weighted by Crippen LogP contribution is -2.30. The fourth-order valence-corrected chi connectivity index (χ4v) is 3.91. The number of nitro groups is 1. The number of hydrogen-bond acceptors (Lipinski definition) is 8. The number of nitrogens with zero attached hydrogens (tertiary/aromatic N) is 3. The average molecular weight is 408 g/mol. The second-order valence-electron chi connectivity index (χ2n) is 5.64. The van der Waals surface area contributed by atoms with Crippen LogP contribution in [-0.2, 0) is 10.0 Å². The molecule has 0 bridgehead atoms. The van der Waals surface area contributed by atoms with Crippen LogP contribution >= 0.6 is 0 Å². The number of rotatable bonds is 8. The van der Waals surface area contributed by atoms with Gasteiger partial charge in [-0.1, -0.05) is 13.8 Å². The molecule has 0 unspecified atom stereocenters. The summed E-state index contributed by atoms with van der Waals surface area (Å²) in [6, 6.07) is 7.53. The molecule has 28 heavy (non-hydrogen) atoms. The normalized spacial score (nSPS) is 11.8. The summed E-state index contributed by atoms with van der Waals surface area (Å²) in [5, 5.41) is 33.9. The molecule has 0 aromatic heterocycles. The minimum Gasteiger partial charge on any atom is -0.504 e. The number of hydrazone groups is 1. The molecule has 0 saturated heterocycles. The Kier molecular flexibility index (Phi) is 6.54. The highest BCUT2D eigenvalue weighted by Crippen LogP contribution is 2.29. The monoisotopic (exact) mass is 408 g/mol. The second-order valence-corrected chi connectivity index (χ2v) is 7.58. The van der Waals surface area contributed by atoms with E-state index in [1.807, 2.05) is 0 Å². The molecule has 0 fully saturated rings. The van der Waals surface area contributed by atoms with E-state index < -0.39 is 20.6 Å². The van der Waals surface area contributed by atoms with Crippen LogP contribution in [0.4, 0.5) is 11.4 Å². The lowest BCUT2D eigenvalue weighted by molar-refractivity contribution is -0.384. The maximum Gasteiger partial charge on any atom is 0.295 e. The van der Waals surface area contributed by atoms with E-state index in [2.05, 4.69) is 10.5 Å². The number of benzene rings is 2. The van der Waals surface area contributed by atoms with Gasteiger partial charge in [-0.05, 0) is 35.9 Å². The molecule has 0 heterocycles. The summed E-state index contributed by atoms with van der Waals surface area (Å²) in [4.78, 5) is 10.5. The molecule has 2 aromatic carbocycles. The van der Waals surface area contributed by atoms with Crippen LogP contribution in [0.3, 0.4) is 0 Å². The summed E-state index contributed by atoms with van der Waals surface area (Å²) in [6.45, 7) is 3.86. The highest BCUT2D eigenvalue weighted by Gasteiger charge is 2.25. The smallest absolute Gasteiger partial charge is 0.295 e. The zero-order chi connectivity index (χ0) is 20.9. The van der Waals surface area contributed by atoms with Crippen LogP contribution in [-0.4, -0.2) is 47.2 Å². The number of phenolic OH excluding ortho intramolecular Hbond substituents is 2. The predicted molar refractivity (Wildman–Crippen MR) is 104 cm³/mol. The summed E-state index contributed by atoms with van der Waals surface area (Å²) in [5.41, 5.74) is 2.48. The Labute approximate surface area is 161 Å². The molecule has 150 valence electrons. The Bertz CT molecular complexity index is 1000. The summed E-state index contributed by atoms with van der Waals surface area (Å²) in [6.07, 6.45) is 1.28. The Hall–Kier alpha value is -3.18. The molecule has 0 aliphatic carbocycles. The Morgan fingerprint density at radius 1 is 1.14 bits per heavy atom. The molecule has 0 saturated carbocycles. The third-order valence-electron chi connectivity index (χ3n) is 3.91. The molecule has 0 spiro atoms. The van der Waals surface area contributed by atoms with E-state index in [0.29, 0.717) is 5.56 Å². The zero-order valence-electron chi connectivity index (χ0n) is 15.2. The second kappa shape index (κ2) is 8.67. The van der Waals surface area contributed by atoms with Crippen LogP contribution < -0.4 is 5.43 Å². The van der Waals surface area contributed by atoms with Gasteiger partial charge < -0.3 is 10.2 Å². The number of hydrogen-bond donors (Lipinski definition) is 3. The topological polar surface area (TPSA) is 145 Å². The molecular formula is C17H20N4O6S. The molecule has 0 aliphatic heterocycles. The van der Waals surface area contributed by atoms with E-state index >= 15 is 0 Å². The number of sulfonamides is 1. The van der Waals surface area contributed by atoms with E-state index in [0.717, 1.165) is 6.07 Å². The molecule has 0 amide bonds. The van der Waals surface area contributed by atoms with Crippen molar-refractivity contribution in [2.45, 2.75) is 18.7 Å². The van der Waals surface area contributed by atoms with E-state index in [1.165, 1.54) is 40.9 Å². The number of nitro benzene ring substituents is 1. The van der Waals surface area contributed by atoms with Crippen molar-refractivity contribution in [2.75, 3.05) is 18.5 Å². The van der Waals surface area contributed by atoms with Crippen LogP contribution in [0.1, 0.15) is 19.4 Å². The van der Waals surface area contributed by atoms with Crippen LogP contribution in [0.2, 0.25) is 0 Å². The van der Waals surface area contributed by atoms with Crippen molar-refractivity contribution in [3.63, 3.8) is 0 Å². The first-order valence-corrected chi connectivity index (χ1v) is 9.74. The lowest BCUT2D eigenvalue weighted by Gasteiger charge is -2.18. The van der Waals surface area contributed by atoms with E-state index in [-0.39, 0.29) is 35.2 Å². The third-order valence-corrected chi connectivity index (χ3v) is 5.95. The van der Waals surface area contributed by atoms with E-state index in [4.69, 9.17) is 0 Å². The van der Waals surface area contributed by atoms with Crippen molar-refractivity contribution in [3.8, 4) is 11.5 Å². The zero-order valence-corrected chi connectivity index (χ0v) is 16.0. The van der Waals surface area contributed by atoms with Crippen LogP contribution in [0.5, 0.6) is 11.5 Å². The van der Waals surface area contributed by atoms with Crippen LogP contribution in [0.15, 0.2) is 46.4 Å². The predicted octanol–water partition coefficient (Wildman–Crippen LogP) is 2.48. The first-order valence-electron chi connectivity index (χ1n) is 8.30. The van der Waals surface area contributed by atoms with Crippen molar-refractivity contribution in [2.24, 2.45) is 5.10 Å². The summed E-state index contributed by atoms with van der Waals surface area (Å²) in [5.74, 6) is -0.619. The Balaban J connectivity index is 2.31. The minimum atomic E-state index is -3.84. The van der Waals surface area contributed by atoms with Gasteiger partial charge in [0, 0.05) is 19.2 Å². The van der Waals surface area contributed by atoms with Crippen LogP contribution in [0.25, 0.3) is 0 Å². The molecule has 0 atom stereocenters. The van der Waals surface area contributed by atoms with Crippen molar-refractivity contribution < 1.29 is 23.6 Å². The standard InChI is InChI=1S/C17H20N4O6S/c1-3-20(4-2)28(26,27)13-6-7-14(15(10-13)21(24)25)19-18-11-12-5-8-16(22)17(23)9-12/h5-11,19,22-23H,3-4H2,1-2H3. The number of anilines is 1. The van der Waals surface area contributed by atoms with Crippen molar-refractivity contribution in [1.29, 1.82) is 0 Å². The molecule has 2 aromatic rings. The summed E-state index contributed by atoms with van der Waals surface area (Å²) >= 11 is 0. The maximum absolute atomic E-state index is 12.5. The van der Waals surface area contributed by atoms with Gasteiger partial charge in [-0.2, -0.15) is 9.41 Å². The quantitative estimate of drug-likeness (QED) is 0.263. The largest absolute Gasteiger partial charge is 0.504 e. The fourth-order valence-electron chi connectivity index (χ4n) is 2.43. The highest BCUT2D eigenvalue weighted by atomic mass is 32.2. The number of nitrogens with one attached hydrogen (secondary N) is 1. The van der Waals surface area contributed by atoms with E-state index in [1.54, 1.807) is 13.8 Å². The van der Waals surface area contributed by atoms with Gasteiger partial charge in [-0.25, -0.2) is 8.42 Å². The van der Waals surface area contributed by atoms with Crippen molar-refractivity contribution in [1.82, 2.24) is 4.31 Å². The Morgan fingerprint density at radius 2 is 1.82 bits per heavy atom. The molecule has 11 heteroatoms. The first kappa shape index (κ1) is 21.1. The highest BCUT2D eigenvalue weighted by molar-refractivity contribution is 7.89. The molecular weight excluding hydrogens is 388 g/mol. The molecule has 0 radical (unpaired) electrons. The fraction of sp³-hybridized carbons (Fsp3) is 0.235. The first-order chi connectivity index (χ1) is 13.2. The van der Waals surface area contributed by atoms with Gasteiger partial charge in [0.25, 0.3) is 5.69 Å². The van der Waals surface area contributed by atoms with E-state index in [9.17, 15) is 28.7 Å². The maximum atomic E-state index is 12.5. The van der Waals surface area contributed by atoms with Gasteiger partial charge in [-0.3, -0.25) is 15.5 Å². The van der Waals surface area contributed by atoms with Crippen molar-refractivity contribution in [3.05, 3.63) is 52.1 Å². The van der Waals surface area contributed by atoms with Gasteiger partial charge in [0.2, 0.25) is 10.0 Å². The lowest BCUT2D eigenvalue weighted by atomic mass is 10.2. The average Bonchev–Trinajstić information content (AvgIpc) is 2.65. The minimum absolute atomic E-state index is 0.00254. The molecule has 0 aliphatic rings. The SMILES string of the molecule is CCN(CC)S(=O)(=O)c1ccc(NN=Cc2ccc(O)c(O)c2)c([N+](=O)[O-])c1. The van der Waals surface area contributed by atoms with Gasteiger partial charge in [0.05, 0.1) is 16.0 Å². The van der Waals surface area contributed by atoms with Gasteiger partial charge in [0.15, 0.2) is 11.5 Å².